The Morgan fingerprint density at radius 3 is 2.52 bits per heavy atom. The van der Waals surface area contributed by atoms with Gasteiger partial charge in [-0.15, -0.1) is 5.10 Å². The van der Waals surface area contributed by atoms with Gasteiger partial charge in [-0.2, -0.15) is 0 Å². The number of piperazine rings is 1. The summed E-state index contributed by atoms with van der Waals surface area (Å²) >= 11 is 0. The van der Waals surface area contributed by atoms with Crippen LogP contribution in [0, 0.1) is 0 Å². The lowest BCUT2D eigenvalue weighted by atomic mass is 10.00. The molecule has 3 aromatic rings. The van der Waals surface area contributed by atoms with Crippen LogP contribution in [0.1, 0.15) is 17.0 Å². The molecule has 2 aromatic heterocycles. The molecule has 1 saturated heterocycles. The molecule has 0 N–H and O–H groups in total. The molecule has 0 spiro atoms. The second-order valence-electron chi connectivity index (χ2n) is 7.90. The highest BCUT2D eigenvalue weighted by molar-refractivity contribution is 5.76. The fourth-order valence-electron chi connectivity index (χ4n) is 4.19. The van der Waals surface area contributed by atoms with E-state index in [0.29, 0.717) is 38.7 Å². The molecular formula is C21H25N9O. The van der Waals surface area contributed by atoms with Crippen LogP contribution in [-0.2, 0) is 30.8 Å². The summed E-state index contributed by atoms with van der Waals surface area (Å²) in [7, 11) is 0. The maximum atomic E-state index is 12.9. The number of hydrogen-bond donors (Lipinski definition) is 0. The SMILES string of the molecule is O=C(Cn1nnnc1CN1CCc2ccccc2C1)N1CCN(c2ncccn2)CC1. The minimum absolute atomic E-state index is 0.0335. The third kappa shape index (κ3) is 4.38. The second-order valence-corrected chi connectivity index (χ2v) is 7.90. The van der Waals surface area contributed by atoms with Crippen molar-refractivity contribution < 1.29 is 4.79 Å². The summed E-state index contributed by atoms with van der Waals surface area (Å²) in [5, 5.41) is 12.1. The smallest absolute Gasteiger partial charge is 0.244 e. The Bertz CT molecular complexity index is 1030. The Morgan fingerprint density at radius 2 is 1.71 bits per heavy atom. The molecule has 2 aliphatic rings. The van der Waals surface area contributed by atoms with Crippen molar-refractivity contribution in [3.05, 3.63) is 59.7 Å². The van der Waals surface area contributed by atoms with Gasteiger partial charge in [0.05, 0.1) is 6.54 Å². The first-order valence-electron chi connectivity index (χ1n) is 10.6. The van der Waals surface area contributed by atoms with Crippen LogP contribution in [0.25, 0.3) is 0 Å². The largest absolute Gasteiger partial charge is 0.338 e. The summed E-state index contributed by atoms with van der Waals surface area (Å²) in [4.78, 5) is 27.7. The van der Waals surface area contributed by atoms with E-state index in [1.165, 1.54) is 11.1 Å². The number of hydrogen-bond acceptors (Lipinski definition) is 8. The monoisotopic (exact) mass is 419 g/mol. The van der Waals surface area contributed by atoms with E-state index in [1.807, 2.05) is 4.90 Å². The molecule has 31 heavy (non-hydrogen) atoms. The zero-order valence-corrected chi connectivity index (χ0v) is 17.3. The van der Waals surface area contributed by atoms with Gasteiger partial charge in [0, 0.05) is 51.7 Å². The maximum absolute atomic E-state index is 12.9. The van der Waals surface area contributed by atoms with Crippen LogP contribution < -0.4 is 4.90 Å². The molecule has 1 amide bonds. The molecule has 5 rings (SSSR count). The normalized spacial score (nSPS) is 16.9. The van der Waals surface area contributed by atoms with Gasteiger partial charge in [-0.3, -0.25) is 9.69 Å². The van der Waals surface area contributed by atoms with Crippen molar-refractivity contribution >= 4 is 11.9 Å². The van der Waals surface area contributed by atoms with Gasteiger partial charge in [0.1, 0.15) is 6.54 Å². The number of benzene rings is 1. The molecule has 1 fully saturated rings. The third-order valence-corrected chi connectivity index (χ3v) is 5.93. The Morgan fingerprint density at radius 1 is 0.935 bits per heavy atom. The van der Waals surface area contributed by atoms with Crippen LogP contribution in [0.3, 0.4) is 0 Å². The average molecular weight is 419 g/mol. The molecule has 0 aliphatic carbocycles. The molecule has 2 aliphatic heterocycles. The Labute approximate surface area is 180 Å². The number of carbonyl (C=O) groups is 1. The van der Waals surface area contributed by atoms with Crippen molar-refractivity contribution in [2.24, 2.45) is 0 Å². The number of carbonyl (C=O) groups excluding carboxylic acids is 1. The van der Waals surface area contributed by atoms with Gasteiger partial charge in [-0.1, -0.05) is 24.3 Å². The van der Waals surface area contributed by atoms with Crippen LogP contribution in [0.15, 0.2) is 42.7 Å². The number of anilines is 1. The average Bonchev–Trinajstić information content (AvgIpc) is 3.26. The minimum Gasteiger partial charge on any atom is -0.338 e. The van der Waals surface area contributed by atoms with E-state index in [1.54, 1.807) is 23.1 Å². The van der Waals surface area contributed by atoms with Gasteiger partial charge in [0.15, 0.2) is 5.82 Å². The quantitative estimate of drug-likeness (QED) is 0.585. The summed E-state index contributed by atoms with van der Waals surface area (Å²) in [6, 6.07) is 10.3. The summed E-state index contributed by atoms with van der Waals surface area (Å²) in [5.41, 5.74) is 2.76. The number of amides is 1. The zero-order chi connectivity index (χ0) is 21.0. The first-order valence-corrected chi connectivity index (χ1v) is 10.6. The topological polar surface area (TPSA) is 96.2 Å². The molecule has 10 nitrogen and oxygen atoms in total. The number of nitrogens with zero attached hydrogens (tertiary/aromatic N) is 9. The molecular weight excluding hydrogens is 394 g/mol. The van der Waals surface area contributed by atoms with E-state index in [-0.39, 0.29) is 12.5 Å². The van der Waals surface area contributed by atoms with E-state index in [4.69, 9.17) is 0 Å². The fourth-order valence-corrected chi connectivity index (χ4v) is 4.19. The summed E-state index contributed by atoms with van der Waals surface area (Å²) in [5.74, 6) is 1.47. The minimum atomic E-state index is 0.0335. The van der Waals surface area contributed by atoms with Crippen molar-refractivity contribution in [2.75, 3.05) is 37.6 Å². The first-order chi connectivity index (χ1) is 15.3. The molecule has 4 heterocycles. The molecule has 160 valence electrons. The predicted molar refractivity (Wildman–Crippen MR) is 113 cm³/mol. The van der Waals surface area contributed by atoms with E-state index in [0.717, 1.165) is 25.3 Å². The zero-order valence-electron chi connectivity index (χ0n) is 17.3. The van der Waals surface area contributed by atoms with Gasteiger partial charge in [-0.25, -0.2) is 14.6 Å². The number of tetrazole rings is 1. The Hall–Kier alpha value is -3.40. The van der Waals surface area contributed by atoms with Crippen molar-refractivity contribution in [1.82, 2.24) is 40.0 Å². The summed E-state index contributed by atoms with van der Waals surface area (Å²) in [6.07, 6.45) is 4.49. The van der Waals surface area contributed by atoms with Crippen LogP contribution >= 0.6 is 0 Å². The lowest BCUT2D eigenvalue weighted by molar-refractivity contribution is -0.132. The highest BCUT2D eigenvalue weighted by Crippen LogP contribution is 2.19. The number of fused-ring (bicyclic) bond motifs is 1. The lowest BCUT2D eigenvalue weighted by Gasteiger charge is -2.34. The van der Waals surface area contributed by atoms with E-state index in [9.17, 15) is 4.79 Å². The third-order valence-electron chi connectivity index (χ3n) is 5.93. The van der Waals surface area contributed by atoms with Gasteiger partial charge in [-0.05, 0) is 34.0 Å². The van der Waals surface area contributed by atoms with Gasteiger partial charge in [0.2, 0.25) is 11.9 Å². The molecule has 10 heteroatoms. The molecule has 1 aromatic carbocycles. The number of rotatable bonds is 5. The Balaban J connectivity index is 1.17. The second kappa shape index (κ2) is 8.76. The van der Waals surface area contributed by atoms with E-state index >= 15 is 0 Å². The van der Waals surface area contributed by atoms with E-state index in [2.05, 4.69) is 59.6 Å². The number of aromatic nitrogens is 6. The van der Waals surface area contributed by atoms with Crippen molar-refractivity contribution in [3.63, 3.8) is 0 Å². The standard InChI is InChI=1S/C21H25N9O/c31-20(28-10-12-29(13-11-28)21-22-7-3-8-23-21)16-30-19(24-25-26-30)15-27-9-6-17-4-1-2-5-18(17)14-27/h1-5,7-8H,6,9-16H2. The maximum Gasteiger partial charge on any atom is 0.244 e. The van der Waals surface area contributed by atoms with Crippen LogP contribution in [0.4, 0.5) is 5.95 Å². The summed E-state index contributed by atoms with van der Waals surface area (Å²) in [6.45, 7) is 5.33. The van der Waals surface area contributed by atoms with Gasteiger partial charge < -0.3 is 9.80 Å². The molecule has 0 atom stereocenters. The first kappa shape index (κ1) is 19.6. The lowest BCUT2D eigenvalue weighted by Crippen LogP contribution is -2.50. The van der Waals surface area contributed by atoms with E-state index < -0.39 is 0 Å². The molecule has 0 bridgehead atoms. The van der Waals surface area contributed by atoms with Crippen molar-refractivity contribution in [2.45, 2.75) is 26.1 Å². The van der Waals surface area contributed by atoms with Crippen molar-refractivity contribution in [3.8, 4) is 0 Å². The highest BCUT2D eigenvalue weighted by atomic mass is 16.2. The van der Waals surface area contributed by atoms with Crippen molar-refractivity contribution in [1.29, 1.82) is 0 Å². The van der Waals surface area contributed by atoms with Gasteiger partial charge >= 0.3 is 0 Å². The molecule has 0 saturated carbocycles. The van der Waals surface area contributed by atoms with Gasteiger partial charge in [0.25, 0.3) is 0 Å². The Kier molecular flexibility index (Phi) is 5.53. The molecule has 0 radical (unpaired) electrons. The summed E-state index contributed by atoms with van der Waals surface area (Å²) < 4.78 is 1.63. The fraction of sp³-hybridized carbons (Fsp3) is 0.429. The van der Waals surface area contributed by atoms with Crippen LogP contribution in [0.5, 0.6) is 0 Å². The molecule has 0 unspecified atom stereocenters. The van der Waals surface area contributed by atoms with Crippen LogP contribution in [0.2, 0.25) is 0 Å². The van der Waals surface area contributed by atoms with Crippen LogP contribution in [-0.4, -0.2) is 78.6 Å². The highest BCUT2D eigenvalue weighted by Gasteiger charge is 2.24. The predicted octanol–water partition coefficient (Wildman–Crippen LogP) is 0.370.